The maximum Gasteiger partial charge on any atom is 0.127 e. The van der Waals surface area contributed by atoms with Crippen LogP contribution in [0.2, 0.25) is 0 Å². The van der Waals surface area contributed by atoms with Gasteiger partial charge in [-0.25, -0.2) is 4.98 Å². The summed E-state index contributed by atoms with van der Waals surface area (Å²) in [6, 6.07) is 17.5. The number of anilines is 1. The predicted octanol–water partition coefficient (Wildman–Crippen LogP) is 4.18. The maximum absolute atomic E-state index is 5.86. The van der Waals surface area contributed by atoms with Gasteiger partial charge < -0.3 is 10.5 Å². The summed E-state index contributed by atoms with van der Waals surface area (Å²) in [6.45, 7) is 0. The van der Waals surface area contributed by atoms with Gasteiger partial charge in [-0.15, -0.1) is 11.3 Å². The summed E-state index contributed by atoms with van der Waals surface area (Å²) in [5, 5.41) is 0.733. The lowest BCUT2D eigenvalue weighted by Crippen LogP contribution is -1.87. The molecule has 2 N–H and O–H groups in total. The Morgan fingerprint density at radius 2 is 1.58 bits per heavy atom. The van der Waals surface area contributed by atoms with Crippen LogP contribution in [0.3, 0.4) is 0 Å². The number of ether oxygens (including phenoxy) is 1. The van der Waals surface area contributed by atoms with Crippen molar-refractivity contribution in [3.63, 3.8) is 0 Å². The van der Waals surface area contributed by atoms with E-state index in [1.807, 2.05) is 54.6 Å². The van der Waals surface area contributed by atoms with Gasteiger partial charge in [-0.3, -0.25) is 0 Å². The van der Waals surface area contributed by atoms with Crippen LogP contribution in [0.4, 0.5) is 5.00 Å². The van der Waals surface area contributed by atoms with Gasteiger partial charge in [0.1, 0.15) is 22.2 Å². The Bertz CT molecular complexity index is 662. The maximum atomic E-state index is 5.86. The topological polar surface area (TPSA) is 48.1 Å². The number of aromatic nitrogens is 1. The molecule has 0 radical (unpaired) electrons. The number of benzene rings is 2. The third-order valence-electron chi connectivity index (χ3n) is 2.70. The van der Waals surface area contributed by atoms with E-state index < -0.39 is 0 Å². The number of nitrogens with zero attached hydrogens (tertiary/aromatic N) is 1. The lowest BCUT2D eigenvalue weighted by atomic mass is 10.1. The Morgan fingerprint density at radius 1 is 0.895 bits per heavy atom. The van der Waals surface area contributed by atoms with Crippen LogP contribution in [0.5, 0.6) is 11.5 Å². The fourth-order valence-electron chi connectivity index (χ4n) is 1.78. The van der Waals surface area contributed by atoms with E-state index in [-0.39, 0.29) is 0 Å². The van der Waals surface area contributed by atoms with Crippen molar-refractivity contribution >= 4 is 16.3 Å². The summed E-state index contributed by atoms with van der Waals surface area (Å²) in [6.07, 6.45) is 0. The predicted molar refractivity (Wildman–Crippen MR) is 78.5 cm³/mol. The van der Waals surface area contributed by atoms with Gasteiger partial charge in [0.15, 0.2) is 0 Å². The molecule has 3 aromatic rings. The number of nitrogens with two attached hydrogens (primary N) is 1. The molecule has 94 valence electrons. The zero-order valence-corrected chi connectivity index (χ0v) is 10.9. The molecule has 19 heavy (non-hydrogen) atoms. The van der Waals surface area contributed by atoms with Gasteiger partial charge >= 0.3 is 0 Å². The molecule has 0 fully saturated rings. The lowest BCUT2D eigenvalue weighted by molar-refractivity contribution is 0.483. The van der Waals surface area contributed by atoms with Crippen LogP contribution < -0.4 is 10.5 Å². The molecule has 4 heteroatoms. The Morgan fingerprint density at radius 3 is 2.21 bits per heavy atom. The Hall–Kier alpha value is -2.33. The van der Waals surface area contributed by atoms with Crippen molar-refractivity contribution in [3.05, 3.63) is 60.1 Å². The standard InChI is InChI=1S/C15H12N2OS/c16-15-14(17-10-19-15)11-6-8-13(9-7-11)18-12-4-2-1-3-5-12/h1-10H,16H2. The molecule has 0 aliphatic heterocycles. The van der Waals surface area contributed by atoms with E-state index in [9.17, 15) is 0 Å². The summed E-state index contributed by atoms with van der Waals surface area (Å²) in [5.41, 5.74) is 9.44. The molecule has 1 heterocycles. The van der Waals surface area contributed by atoms with E-state index in [2.05, 4.69) is 4.98 Å². The number of rotatable bonds is 3. The molecule has 0 aliphatic rings. The third kappa shape index (κ3) is 2.58. The van der Waals surface area contributed by atoms with Gasteiger partial charge in [-0.05, 0) is 36.4 Å². The molecule has 3 rings (SSSR count). The van der Waals surface area contributed by atoms with Crippen molar-refractivity contribution in [3.8, 4) is 22.8 Å². The van der Waals surface area contributed by atoms with Crippen molar-refractivity contribution in [2.45, 2.75) is 0 Å². The van der Waals surface area contributed by atoms with Crippen molar-refractivity contribution < 1.29 is 4.74 Å². The minimum atomic E-state index is 0.733. The first-order valence-corrected chi connectivity index (χ1v) is 6.73. The average Bonchev–Trinajstić information content (AvgIpc) is 2.87. The number of nitrogen functional groups attached to an aromatic ring is 1. The van der Waals surface area contributed by atoms with E-state index in [1.54, 1.807) is 5.51 Å². The minimum Gasteiger partial charge on any atom is -0.457 e. The van der Waals surface area contributed by atoms with Crippen molar-refractivity contribution in [2.24, 2.45) is 0 Å². The number of hydrogen-bond donors (Lipinski definition) is 1. The zero-order chi connectivity index (χ0) is 13.1. The second-order valence-corrected chi connectivity index (χ2v) is 4.89. The summed E-state index contributed by atoms with van der Waals surface area (Å²) < 4.78 is 5.73. The van der Waals surface area contributed by atoms with E-state index in [1.165, 1.54) is 11.3 Å². The highest BCUT2D eigenvalue weighted by molar-refractivity contribution is 7.14. The molecule has 0 atom stereocenters. The van der Waals surface area contributed by atoms with Crippen LogP contribution in [0, 0.1) is 0 Å². The van der Waals surface area contributed by atoms with Crippen molar-refractivity contribution in [1.29, 1.82) is 0 Å². The molecule has 1 aromatic heterocycles. The molecule has 0 amide bonds. The monoisotopic (exact) mass is 268 g/mol. The van der Waals surface area contributed by atoms with Crippen LogP contribution in [-0.4, -0.2) is 4.98 Å². The first kappa shape index (κ1) is 11.7. The van der Waals surface area contributed by atoms with Crippen LogP contribution >= 0.6 is 11.3 Å². The third-order valence-corrected chi connectivity index (χ3v) is 3.36. The van der Waals surface area contributed by atoms with E-state index >= 15 is 0 Å². The molecule has 0 aliphatic carbocycles. The summed E-state index contributed by atoms with van der Waals surface area (Å²) >= 11 is 1.44. The first-order valence-electron chi connectivity index (χ1n) is 5.85. The fourth-order valence-corrected chi connectivity index (χ4v) is 2.33. The smallest absolute Gasteiger partial charge is 0.127 e. The molecular formula is C15H12N2OS. The van der Waals surface area contributed by atoms with Crippen LogP contribution in [0.25, 0.3) is 11.3 Å². The average molecular weight is 268 g/mol. The van der Waals surface area contributed by atoms with Crippen molar-refractivity contribution in [2.75, 3.05) is 5.73 Å². The summed E-state index contributed by atoms with van der Waals surface area (Å²) in [4.78, 5) is 4.25. The fraction of sp³-hybridized carbons (Fsp3) is 0. The van der Waals surface area contributed by atoms with Crippen LogP contribution in [0.15, 0.2) is 60.1 Å². The normalized spacial score (nSPS) is 10.3. The quantitative estimate of drug-likeness (QED) is 0.775. The molecule has 3 nitrogen and oxygen atoms in total. The minimum absolute atomic E-state index is 0.733. The highest BCUT2D eigenvalue weighted by atomic mass is 32.1. The highest BCUT2D eigenvalue weighted by Gasteiger charge is 2.05. The zero-order valence-electron chi connectivity index (χ0n) is 10.1. The number of thiazole rings is 1. The van der Waals surface area contributed by atoms with E-state index in [0.29, 0.717) is 0 Å². The highest BCUT2D eigenvalue weighted by Crippen LogP contribution is 2.29. The van der Waals surface area contributed by atoms with Gasteiger partial charge in [0.05, 0.1) is 5.51 Å². The Labute approximate surface area is 115 Å². The molecule has 2 aromatic carbocycles. The van der Waals surface area contributed by atoms with Gasteiger partial charge in [-0.2, -0.15) is 0 Å². The van der Waals surface area contributed by atoms with E-state index in [4.69, 9.17) is 10.5 Å². The Balaban J connectivity index is 1.82. The van der Waals surface area contributed by atoms with Gasteiger partial charge in [0, 0.05) is 5.56 Å². The number of para-hydroxylation sites is 1. The Kier molecular flexibility index (Phi) is 3.16. The molecule has 0 saturated carbocycles. The molecule has 0 spiro atoms. The molecule has 0 bridgehead atoms. The SMILES string of the molecule is Nc1scnc1-c1ccc(Oc2ccccc2)cc1. The number of hydrogen-bond acceptors (Lipinski definition) is 4. The second kappa shape index (κ2) is 5.12. The van der Waals surface area contributed by atoms with Crippen molar-refractivity contribution in [1.82, 2.24) is 4.98 Å². The second-order valence-electron chi connectivity index (χ2n) is 4.00. The van der Waals surface area contributed by atoms with Gasteiger partial charge in [-0.1, -0.05) is 18.2 Å². The summed E-state index contributed by atoms with van der Waals surface area (Å²) in [5.74, 6) is 1.62. The van der Waals surface area contributed by atoms with Gasteiger partial charge in [0.25, 0.3) is 0 Å². The molecule has 0 saturated heterocycles. The molecule has 0 unspecified atom stereocenters. The summed E-state index contributed by atoms with van der Waals surface area (Å²) in [7, 11) is 0. The first-order chi connectivity index (χ1) is 9.33. The molecular weight excluding hydrogens is 256 g/mol. The van der Waals surface area contributed by atoms with Gasteiger partial charge in [0.2, 0.25) is 0 Å². The van der Waals surface area contributed by atoms with Crippen LogP contribution in [-0.2, 0) is 0 Å². The van der Waals surface area contributed by atoms with E-state index in [0.717, 1.165) is 27.8 Å². The van der Waals surface area contributed by atoms with Crippen LogP contribution in [0.1, 0.15) is 0 Å². The largest absolute Gasteiger partial charge is 0.457 e. The lowest BCUT2D eigenvalue weighted by Gasteiger charge is -2.06.